The molecule has 1 aromatic carbocycles. The van der Waals surface area contributed by atoms with E-state index in [9.17, 15) is 0 Å². The normalized spacial score (nSPS) is 11.1. The van der Waals surface area contributed by atoms with E-state index in [1.54, 1.807) is 0 Å². The van der Waals surface area contributed by atoms with Gasteiger partial charge < -0.3 is 9.47 Å². The van der Waals surface area contributed by atoms with Crippen molar-refractivity contribution in [3.63, 3.8) is 0 Å². The number of aryl methyl sites for hydroxylation is 1. The molecule has 2 heteroatoms. The summed E-state index contributed by atoms with van der Waals surface area (Å²) >= 11 is 0. The van der Waals surface area contributed by atoms with Gasteiger partial charge >= 0.3 is 0 Å². The van der Waals surface area contributed by atoms with Gasteiger partial charge in [-0.15, -0.1) is 0 Å². The molecule has 0 unspecified atom stereocenters. The Bertz CT molecular complexity index is 427. The lowest BCUT2D eigenvalue weighted by molar-refractivity contribution is 0.0970. The monoisotopic (exact) mass is 390 g/mol. The Balaban J connectivity index is 1.91. The number of hydrogen-bond donors (Lipinski definition) is 0. The van der Waals surface area contributed by atoms with Crippen LogP contribution >= 0.6 is 0 Å². The highest BCUT2D eigenvalue weighted by atomic mass is 16.5. The molecule has 0 saturated heterocycles. The predicted octanol–water partition coefficient (Wildman–Crippen LogP) is 8.13. The lowest BCUT2D eigenvalue weighted by atomic mass is 10.0. The molecule has 1 rings (SSSR count). The third-order valence-electron chi connectivity index (χ3n) is 5.38. The maximum atomic E-state index is 5.79. The van der Waals surface area contributed by atoms with Gasteiger partial charge in [-0.05, 0) is 37.0 Å². The number of unbranched alkanes of at least 4 members (excludes halogenated alkanes) is 12. The molecular formula is C26H46O2. The van der Waals surface area contributed by atoms with E-state index in [-0.39, 0.29) is 0 Å². The minimum Gasteiger partial charge on any atom is -0.491 e. The van der Waals surface area contributed by atoms with Crippen molar-refractivity contribution in [2.24, 2.45) is 0 Å². The Morgan fingerprint density at radius 3 is 1.68 bits per heavy atom. The Kier molecular flexibility index (Phi) is 17.2. The molecule has 0 fully saturated rings. The van der Waals surface area contributed by atoms with Crippen LogP contribution in [0.15, 0.2) is 24.3 Å². The minimum atomic E-state index is 0.647. The zero-order valence-electron chi connectivity index (χ0n) is 18.9. The highest BCUT2D eigenvalue weighted by molar-refractivity contribution is 5.27. The van der Waals surface area contributed by atoms with Gasteiger partial charge in [-0.25, -0.2) is 0 Å². The fraction of sp³-hybridized carbons (Fsp3) is 0.769. The first-order valence-corrected chi connectivity index (χ1v) is 12.2. The van der Waals surface area contributed by atoms with Crippen LogP contribution < -0.4 is 4.74 Å². The Labute approximate surface area is 175 Å². The molecule has 0 aliphatic carbocycles. The highest BCUT2D eigenvalue weighted by Gasteiger charge is 1.98. The number of benzene rings is 1. The van der Waals surface area contributed by atoms with Crippen molar-refractivity contribution in [1.82, 2.24) is 0 Å². The molecule has 0 radical (unpaired) electrons. The van der Waals surface area contributed by atoms with E-state index in [0.717, 1.165) is 12.4 Å². The lowest BCUT2D eigenvalue weighted by Crippen LogP contribution is -2.07. The first kappa shape index (κ1) is 25.0. The van der Waals surface area contributed by atoms with Crippen LogP contribution in [0.5, 0.6) is 5.75 Å². The van der Waals surface area contributed by atoms with Gasteiger partial charge in [-0.1, -0.05) is 103 Å². The van der Waals surface area contributed by atoms with Crippen molar-refractivity contribution in [2.75, 3.05) is 19.8 Å². The zero-order valence-corrected chi connectivity index (χ0v) is 18.9. The van der Waals surface area contributed by atoms with Crippen LogP contribution in [0, 0.1) is 0 Å². The molecule has 0 N–H and O–H groups in total. The van der Waals surface area contributed by atoms with E-state index in [4.69, 9.17) is 9.47 Å². The topological polar surface area (TPSA) is 18.5 Å². The summed E-state index contributed by atoms with van der Waals surface area (Å²) in [6, 6.07) is 8.63. The van der Waals surface area contributed by atoms with Crippen LogP contribution in [0.3, 0.4) is 0 Å². The van der Waals surface area contributed by atoms with Gasteiger partial charge in [0.25, 0.3) is 0 Å². The number of ether oxygens (including phenoxy) is 2. The van der Waals surface area contributed by atoms with Crippen molar-refractivity contribution < 1.29 is 9.47 Å². The van der Waals surface area contributed by atoms with Gasteiger partial charge in [-0.2, -0.15) is 0 Å². The molecule has 0 aromatic heterocycles. The van der Waals surface area contributed by atoms with Crippen molar-refractivity contribution in [2.45, 2.75) is 110 Å². The van der Waals surface area contributed by atoms with Gasteiger partial charge in [0.15, 0.2) is 0 Å². The Hall–Kier alpha value is -1.02. The van der Waals surface area contributed by atoms with Crippen molar-refractivity contribution in [1.29, 1.82) is 0 Å². The van der Waals surface area contributed by atoms with Crippen LogP contribution in [0.1, 0.15) is 109 Å². The molecule has 0 heterocycles. The summed E-state index contributed by atoms with van der Waals surface area (Å²) in [5.41, 5.74) is 1.42. The minimum absolute atomic E-state index is 0.647. The Morgan fingerprint density at radius 1 is 0.536 bits per heavy atom. The molecule has 162 valence electrons. The second-order valence-electron chi connectivity index (χ2n) is 8.10. The maximum absolute atomic E-state index is 5.79. The van der Waals surface area contributed by atoms with Gasteiger partial charge in [0.1, 0.15) is 12.4 Å². The predicted molar refractivity (Wildman–Crippen MR) is 122 cm³/mol. The summed E-state index contributed by atoms with van der Waals surface area (Å²) in [5, 5.41) is 0. The third kappa shape index (κ3) is 15.0. The third-order valence-corrected chi connectivity index (χ3v) is 5.38. The summed E-state index contributed by atoms with van der Waals surface area (Å²) in [6.07, 6.45) is 20.1. The number of rotatable bonds is 20. The summed E-state index contributed by atoms with van der Waals surface area (Å²) in [4.78, 5) is 0. The van der Waals surface area contributed by atoms with Crippen molar-refractivity contribution >= 4 is 0 Å². The molecule has 0 spiro atoms. The average molecular weight is 391 g/mol. The molecule has 0 bridgehead atoms. The summed E-state index contributed by atoms with van der Waals surface area (Å²) in [7, 11) is 0. The van der Waals surface area contributed by atoms with Crippen LogP contribution in [0.2, 0.25) is 0 Å². The zero-order chi connectivity index (χ0) is 20.1. The van der Waals surface area contributed by atoms with E-state index >= 15 is 0 Å². The van der Waals surface area contributed by atoms with E-state index < -0.39 is 0 Å². The fourth-order valence-electron chi connectivity index (χ4n) is 3.52. The van der Waals surface area contributed by atoms with Gasteiger partial charge in [0, 0.05) is 6.61 Å². The van der Waals surface area contributed by atoms with E-state index in [2.05, 4.69) is 38.1 Å². The van der Waals surface area contributed by atoms with E-state index in [1.807, 2.05) is 0 Å². The quantitative estimate of drug-likeness (QED) is 0.209. The van der Waals surface area contributed by atoms with Crippen LogP contribution in [-0.4, -0.2) is 19.8 Å². The molecule has 2 nitrogen and oxygen atoms in total. The number of hydrogen-bond acceptors (Lipinski definition) is 2. The second-order valence-corrected chi connectivity index (χ2v) is 8.10. The maximum Gasteiger partial charge on any atom is 0.119 e. The average Bonchev–Trinajstić information content (AvgIpc) is 2.72. The lowest BCUT2D eigenvalue weighted by Gasteiger charge is -2.08. The summed E-state index contributed by atoms with van der Waals surface area (Å²) < 4.78 is 11.5. The fourth-order valence-corrected chi connectivity index (χ4v) is 3.52. The first-order chi connectivity index (χ1) is 13.9. The summed E-state index contributed by atoms with van der Waals surface area (Å²) in [5.74, 6) is 0.961. The largest absolute Gasteiger partial charge is 0.491 e. The standard InChI is InChI=1S/C26H46O2/c1-3-5-7-9-11-12-14-16-22-27-23-24-28-26-20-18-25(19-21-26)17-15-13-10-8-6-4-2/h18-21H,3-17,22-24H2,1-2H3. The molecular weight excluding hydrogens is 344 g/mol. The molecule has 0 aliphatic rings. The van der Waals surface area contributed by atoms with E-state index in [0.29, 0.717) is 13.2 Å². The van der Waals surface area contributed by atoms with Gasteiger partial charge in [0.2, 0.25) is 0 Å². The molecule has 0 atom stereocenters. The molecule has 1 aromatic rings. The molecule has 0 aliphatic heterocycles. The first-order valence-electron chi connectivity index (χ1n) is 12.2. The van der Waals surface area contributed by atoms with Gasteiger partial charge in [0.05, 0.1) is 6.61 Å². The van der Waals surface area contributed by atoms with E-state index in [1.165, 1.54) is 102 Å². The SMILES string of the molecule is CCCCCCCCCCOCCOc1ccc(CCCCCCCC)cc1. The van der Waals surface area contributed by atoms with Crippen LogP contribution in [-0.2, 0) is 11.2 Å². The Morgan fingerprint density at radius 2 is 1.07 bits per heavy atom. The highest BCUT2D eigenvalue weighted by Crippen LogP contribution is 2.15. The molecule has 28 heavy (non-hydrogen) atoms. The van der Waals surface area contributed by atoms with Crippen molar-refractivity contribution in [3.8, 4) is 5.75 Å². The molecule has 0 saturated carbocycles. The van der Waals surface area contributed by atoms with Crippen LogP contribution in [0.25, 0.3) is 0 Å². The summed E-state index contributed by atoms with van der Waals surface area (Å²) in [6.45, 7) is 6.75. The van der Waals surface area contributed by atoms with Crippen LogP contribution in [0.4, 0.5) is 0 Å². The van der Waals surface area contributed by atoms with Crippen molar-refractivity contribution in [3.05, 3.63) is 29.8 Å². The second kappa shape index (κ2) is 19.3. The molecule has 0 amide bonds. The smallest absolute Gasteiger partial charge is 0.119 e. The van der Waals surface area contributed by atoms with Gasteiger partial charge in [-0.3, -0.25) is 0 Å².